The fourth-order valence-electron chi connectivity index (χ4n) is 1.28. The number of aryl methyl sites for hydroxylation is 1. The maximum absolute atomic E-state index is 5.97. The fraction of sp³-hybridized carbons (Fsp3) is 0.455. The zero-order valence-corrected chi connectivity index (χ0v) is 10.1. The number of hydrogen-bond donors (Lipinski definition) is 1. The first-order valence-corrected chi connectivity index (χ1v) is 5.30. The Morgan fingerprint density at radius 2 is 2.13 bits per heavy atom. The van der Waals surface area contributed by atoms with Crippen molar-refractivity contribution in [3.05, 3.63) is 29.2 Å². The Balaban J connectivity index is 2.89. The third-order valence-electron chi connectivity index (χ3n) is 2.10. The first-order chi connectivity index (χ1) is 7.04. The van der Waals surface area contributed by atoms with Crippen LogP contribution >= 0.6 is 11.6 Å². The molecule has 4 heteroatoms. The number of rotatable bonds is 4. The van der Waals surface area contributed by atoms with E-state index in [4.69, 9.17) is 11.6 Å². The number of nitrogens with one attached hydrogen (secondary N) is 1. The number of aromatic nitrogens is 2. The largest absolute Gasteiger partial charge is 0.367 e. The summed E-state index contributed by atoms with van der Waals surface area (Å²) >= 11 is 5.97. The van der Waals surface area contributed by atoms with Crippen LogP contribution < -0.4 is 5.32 Å². The van der Waals surface area contributed by atoms with Gasteiger partial charge in [-0.15, -0.1) is 6.58 Å². The molecule has 15 heavy (non-hydrogen) atoms. The molecular weight excluding hydrogens is 210 g/mol. The van der Waals surface area contributed by atoms with Crippen LogP contribution in [0.1, 0.15) is 24.7 Å². The SMILES string of the molecule is C=CCC(C)Nc1nc(C)nc(Cl)c1C. The summed E-state index contributed by atoms with van der Waals surface area (Å²) in [5.74, 6) is 1.49. The second kappa shape index (κ2) is 5.12. The quantitative estimate of drug-likeness (QED) is 0.632. The standard InChI is InChI=1S/C11H16ClN3/c1-5-6-7(2)13-11-8(3)10(12)14-9(4)15-11/h5,7H,1,6H2,2-4H3,(H,13,14,15). The van der Waals surface area contributed by atoms with Gasteiger partial charge in [0, 0.05) is 11.6 Å². The molecule has 82 valence electrons. The van der Waals surface area contributed by atoms with Crippen LogP contribution in [-0.2, 0) is 0 Å². The number of anilines is 1. The molecule has 1 heterocycles. The minimum Gasteiger partial charge on any atom is -0.367 e. The highest BCUT2D eigenvalue weighted by atomic mass is 35.5. The van der Waals surface area contributed by atoms with Gasteiger partial charge in [0.1, 0.15) is 16.8 Å². The number of hydrogen-bond acceptors (Lipinski definition) is 3. The maximum atomic E-state index is 5.97. The van der Waals surface area contributed by atoms with E-state index in [9.17, 15) is 0 Å². The molecule has 1 N–H and O–H groups in total. The van der Waals surface area contributed by atoms with Gasteiger partial charge in [0.2, 0.25) is 0 Å². The zero-order chi connectivity index (χ0) is 11.4. The smallest absolute Gasteiger partial charge is 0.137 e. The normalized spacial score (nSPS) is 12.3. The predicted molar refractivity (Wildman–Crippen MR) is 64.4 cm³/mol. The van der Waals surface area contributed by atoms with Gasteiger partial charge >= 0.3 is 0 Å². The molecule has 0 aliphatic heterocycles. The lowest BCUT2D eigenvalue weighted by Gasteiger charge is -2.15. The average Bonchev–Trinajstić information content (AvgIpc) is 2.13. The molecule has 0 saturated carbocycles. The van der Waals surface area contributed by atoms with Crippen molar-refractivity contribution in [2.75, 3.05) is 5.32 Å². The van der Waals surface area contributed by atoms with Gasteiger partial charge in [0.05, 0.1) is 0 Å². The highest BCUT2D eigenvalue weighted by molar-refractivity contribution is 6.30. The first kappa shape index (κ1) is 12.0. The molecule has 1 aromatic heterocycles. The van der Waals surface area contributed by atoms with E-state index in [1.165, 1.54) is 0 Å². The first-order valence-electron chi connectivity index (χ1n) is 4.92. The summed E-state index contributed by atoms with van der Waals surface area (Å²) in [5, 5.41) is 3.80. The van der Waals surface area contributed by atoms with Crippen LogP contribution in [-0.4, -0.2) is 16.0 Å². The van der Waals surface area contributed by atoms with Crippen LogP contribution in [0.5, 0.6) is 0 Å². The minimum absolute atomic E-state index is 0.298. The molecule has 0 radical (unpaired) electrons. The lowest BCUT2D eigenvalue weighted by Crippen LogP contribution is -2.16. The minimum atomic E-state index is 0.298. The van der Waals surface area contributed by atoms with Gasteiger partial charge in [-0.1, -0.05) is 17.7 Å². The Bertz CT molecular complexity index is 363. The van der Waals surface area contributed by atoms with Gasteiger partial charge in [-0.2, -0.15) is 0 Å². The van der Waals surface area contributed by atoms with Crippen molar-refractivity contribution in [3.8, 4) is 0 Å². The molecule has 0 aliphatic carbocycles. The molecular formula is C11H16ClN3. The Labute approximate surface area is 95.6 Å². The van der Waals surface area contributed by atoms with E-state index in [0.29, 0.717) is 17.0 Å². The zero-order valence-electron chi connectivity index (χ0n) is 9.34. The van der Waals surface area contributed by atoms with Crippen molar-refractivity contribution in [3.63, 3.8) is 0 Å². The van der Waals surface area contributed by atoms with Crippen molar-refractivity contribution in [2.24, 2.45) is 0 Å². The van der Waals surface area contributed by atoms with Gasteiger partial charge in [0.15, 0.2) is 0 Å². The van der Waals surface area contributed by atoms with E-state index in [-0.39, 0.29) is 0 Å². The van der Waals surface area contributed by atoms with Crippen LogP contribution in [0, 0.1) is 13.8 Å². The highest BCUT2D eigenvalue weighted by Gasteiger charge is 2.09. The van der Waals surface area contributed by atoms with Gasteiger partial charge in [-0.3, -0.25) is 0 Å². The van der Waals surface area contributed by atoms with Crippen LogP contribution in [0.4, 0.5) is 5.82 Å². The second-order valence-electron chi connectivity index (χ2n) is 3.60. The molecule has 0 bridgehead atoms. The summed E-state index contributed by atoms with van der Waals surface area (Å²) < 4.78 is 0. The predicted octanol–water partition coefficient (Wildman–Crippen LogP) is 3.12. The molecule has 0 aromatic carbocycles. The van der Waals surface area contributed by atoms with Crippen molar-refractivity contribution < 1.29 is 0 Å². The topological polar surface area (TPSA) is 37.8 Å². The Morgan fingerprint density at radius 1 is 1.47 bits per heavy atom. The summed E-state index contributed by atoms with van der Waals surface area (Å²) in [6.45, 7) is 9.51. The monoisotopic (exact) mass is 225 g/mol. The van der Waals surface area contributed by atoms with Crippen molar-refractivity contribution in [2.45, 2.75) is 33.2 Å². The molecule has 1 atom stereocenters. The summed E-state index contributed by atoms with van der Waals surface area (Å²) in [7, 11) is 0. The summed E-state index contributed by atoms with van der Waals surface area (Å²) in [6.07, 6.45) is 2.77. The second-order valence-corrected chi connectivity index (χ2v) is 3.96. The van der Waals surface area contributed by atoms with Gasteiger partial charge in [-0.05, 0) is 27.2 Å². The number of halogens is 1. The summed E-state index contributed by atoms with van der Waals surface area (Å²) in [4.78, 5) is 8.40. The fourth-order valence-corrected chi connectivity index (χ4v) is 1.49. The van der Waals surface area contributed by atoms with Crippen LogP contribution in [0.3, 0.4) is 0 Å². The van der Waals surface area contributed by atoms with Crippen molar-refractivity contribution in [1.82, 2.24) is 9.97 Å². The van der Waals surface area contributed by atoms with E-state index < -0.39 is 0 Å². The molecule has 3 nitrogen and oxygen atoms in total. The molecule has 0 aliphatic rings. The highest BCUT2D eigenvalue weighted by Crippen LogP contribution is 2.20. The van der Waals surface area contributed by atoms with Crippen LogP contribution in [0.25, 0.3) is 0 Å². The summed E-state index contributed by atoms with van der Waals surface area (Å²) in [5.41, 5.74) is 0.887. The van der Waals surface area contributed by atoms with E-state index in [2.05, 4.69) is 28.8 Å². The van der Waals surface area contributed by atoms with Gasteiger partial charge in [-0.25, -0.2) is 9.97 Å². The van der Waals surface area contributed by atoms with Gasteiger partial charge < -0.3 is 5.32 Å². The third kappa shape index (κ3) is 3.20. The van der Waals surface area contributed by atoms with Crippen LogP contribution in [0.15, 0.2) is 12.7 Å². The molecule has 0 spiro atoms. The molecule has 0 fully saturated rings. The van der Waals surface area contributed by atoms with Crippen LogP contribution in [0.2, 0.25) is 5.15 Å². The Hall–Kier alpha value is -1.09. The molecule has 1 unspecified atom stereocenters. The molecule has 0 amide bonds. The van der Waals surface area contributed by atoms with E-state index in [0.717, 1.165) is 17.8 Å². The summed E-state index contributed by atoms with van der Waals surface area (Å²) in [6, 6.07) is 0.298. The molecule has 1 rings (SSSR count). The van der Waals surface area contributed by atoms with E-state index in [1.807, 2.05) is 19.9 Å². The lowest BCUT2D eigenvalue weighted by atomic mass is 10.2. The Kier molecular flexibility index (Phi) is 4.09. The molecule has 1 aromatic rings. The average molecular weight is 226 g/mol. The Morgan fingerprint density at radius 3 is 2.73 bits per heavy atom. The van der Waals surface area contributed by atoms with Gasteiger partial charge in [0.25, 0.3) is 0 Å². The maximum Gasteiger partial charge on any atom is 0.137 e. The van der Waals surface area contributed by atoms with Crippen molar-refractivity contribution in [1.29, 1.82) is 0 Å². The van der Waals surface area contributed by atoms with E-state index in [1.54, 1.807) is 0 Å². The van der Waals surface area contributed by atoms with Crippen molar-refractivity contribution >= 4 is 17.4 Å². The lowest BCUT2D eigenvalue weighted by molar-refractivity contribution is 0.801. The van der Waals surface area contributed by atoms with E-state index >= 15 is 0 Å². The number of nitrogens with zero attached hydrogens (tertiary/aromatic N) is 2. The third-order valence-corrected chi connectivity index (χ3v) is 2.47. The molecule has 0 saturated heterocycles.